The van der Waals surface area contributed by atoms with Gasteiger partial charge in [0.05, 0.1) is 24.2 Å². The van der Waals surface area contributed by atoms with Crippen molar-refractivity contribution in [3.05, 3.63) is 0 Å². The summed E-state index contributed by atoms with van der Waals surface area (Å²) in [6, 6.07) is 0. The van der Waals surface area contributed by atoms with Gasteiger partial charge in [-0.25, -0.2) is 0 Å². The van der Waals surface area contributed by atoms with Gasteiger partial charge >= 0.3 is 5.97 Å². The van der Waals surface area contributed by atoms with E-state index in [1.807, 2.05) is 0 Å². The first kappa shape index (κ1) is 16.9. The molecule has 3 aliphatic carbocycles. The lowest BCUT2D eigenvalue weighted by Crippen LogP contribution is -2.61. The van der Waals surface area contributed by atoms with Crippen LogP contribution in [0.4, 0.5) is 0 Å². The van der Waals surface area contributed by atoms with Crippen LogP contribution in [0.3, 0.4) is 0 Å². The number of rotatable bonds is 1. The molecular weight excluding hydrogens is 300 g/mol. The maximum Gasteiger partial charge on any atom is 0.311 e. The molecular formula is C21H34O3. The monoisotopic (exact) mass is 334 g/mol. The summed E-state index contributed by atoms with van der Waals surface area (Å²) >= 11 is 0. The molecule has 1 spiro atoms. The quantitative estimate of drug-likeness (QED) is 0.650. The van der Waals surface area contributed by atoms with Crippen LogP contribution in [-0.4, -0.2) is 24.8 Å². The fraction of sp³-hybridized carbons (Fsp3) is 0.952. The van der Waals surface area contributed by atoms with Crippen molar-refractivity contribution in [3.63, 3.8) is 0 Å². The van der Waals surface area contributed by atoms with E-state index in [1.165, 1.54) is 25.7 Å². The fourth-order valence-electron chi connectivity index (χ4n) is 7.69. The Morgan fingerprint density at radius 1 is 1.04 bits per heavy atom. The molecule has 136 valence electrons. The number of hydrogen-bond donors (Lipinski definition) is 0. The Kier molecular flexibility index (Phi) is 3.51. The molecule has 4 aliphatic rings. The minimum Gasteiger partial charge on any atom is -0.469 e. The molecule has 7 atom stereocenters. The van der Waals surface area contributed by atoms with E-state index in [-0.39, 0.29) is 22.4 Å². The van der Waals surface area contributed by atoms with Gasteiger partial charge in [0, 0.05) is 0 Å². The highest BCUT2D eigenvalue weighted by Gasteiger charge is 2.68. The molecule has 0 radical (unpaired) electrons. The first-order chi connectivity index (χ1) is 11.2. The molecule has 7 unspecified atom stereocenters. The van der Waals surface area contributed by atoms with Crippen LogP contribution in [0, 0.1) is 28.1 Å². The molecule has 0 N–H and O–H groups in total. The Morgan fingerprint density at radius 2 is 1.75 bits per heavy atom. The SMILES string of the molecule is COC(=O)C1(C)CCCC2(C)C3CCC4(C)CC3(CCC12)OC4C. The van der Waals surface area contributed by atoms with E-state index in [9.17, 15) is 4.79 Å². The van der Waals surface area contributed by atoms with Gasteiger partial charge in [-0.3, -0.25) is 4.79 Å². The minimum absolute atomic E-state index is 0.00994. The van der Waals surface area contributed by atoms with Crippen LogP contribution >= 0.6 is 0 Å². The third kappa shape index (κ3) is 1.91. The third-order valence-corrected chi connectivity index (χ3v) is 9.02. The van der Waals surface area contributed by atoms with Crippen molar-refractivity contribution in [1.82, 2.24) is 0 Å². The Morgan fingerprint density at radius 3 is 2.46 bits per heavy atom. The average Bonchev–Trinajstić information content (AvgIpc) is 2.70. The predicted molar refractivity (Wildman–Crippen MR) is 93.5 cm³/mol. The highest BCUT2D eigenvalue weighted by Crippen LogP contribution is 2.70. The van der Waals surface area contributed by atoms with Gasteiger partial charge in [-0.05, 0) is 81.5 Å². The lowest BCUT2D eigenvalue weighted by atomic mass is 9.42. The van der Waals surface area contributed by atoms with Crippen molar-refractivity contribution in [2.75, 3.05) is 7.11 Å². The second kappa shape index (κ2) is 4.99. The van der Waals surface area contributed by atoms with Crippen LogP contribution in [0.15, 0.2) is 0 Å². The van der Waals surface area contributed by atoms with E-state index in [0.29, 0.717) is 23.4 Å². The van der Waals surface area contributed by atoms with Gasteiger partial charge in [0.25, 0.3) is 0 Å². The molecule has 24 heavy (non-hydrogen) atoms. The van der Waals surface area contributed by atoms with Crippen LogP contribution in [0.25, 0.3) is 0 Å². The summed E-state index contributed by atoms with van der Waals surface area (Å²) in [4.78, 5) is 12.7. The van der Waals surface area contributed by atoms with Gasteiger partial charge in [-0.1, -0.05) is 20.3 Å². The van der Waals surface area contributed by atoms with Crippen molar-refractivity contribution in [2.24, 2.45) is 28.1 Å². The summed E-state index contributed by atoms with van der Waals surface area (Å²) in [6.45, 7) is 9.35. The first-order valence-electron chi connectivity index (χ1n) is 9.96. The molecule has 0 aromatic heterocycles. The van der Waals surface area contributed by atoms with Crippen molar-refractivity contribution in [2.45, 2.75) is 90.8 Å². The zero-order chi connectivity index (χ0) is 17.4. The summed E-state index contributed by atoms with van der Waals surface area (Å²) < 4.78 is 12.0. The summed E-state index contributed by atoms with van der Waals surface area (Å²) in [5.74, 6) is 1.05. The highest BCUT2D eigenvalue weighted by molar-refractivity contribution is 5.77. The molecule has 1 heterocycles. The lowest BCUT2D eigenvalue weighted by molar-refractivity contribution is -0.205. The van der Waals surface area contributed by atoms with Crippen molar-refractivity contribution >= 4 is 5.97 Å². The average molecular weight is 335 g/mol. The largest absolute Gasteiger partial charge is 0.469 e. The van der Waals surface area contributed by atoms with E-state index >= 15 is 0 Å². The first-order valence-corrected chi connectivity index (χ1v) is 9.96. The standard InChI is InChI=1S/C21H34O3/c1-14-18(2)11-7-16-19(3)9-6-10-20(4,17(22)23-5)15(19)8-12-21(16,13-18)24-14/h14-16H,6-13H2,1-5H3. The molecule has 3 saturated carbocycles. The van der Waals surface area contributed by atoms with Crippen LogP contribution in [-0.2, 0) is 14.3 Å². The van der Waals surface area contributed by atoms with Gasteiger partial charge in [-0.15, -0.1) is 0 Å². The zero-order valence-corrected chi connectivity index (χ0v) is 16.1. The molecule has 4 rings (SSSR count). The highest BCUT2D eigenvalue weighted by atomic mass is 16.5. The number of methoxy groups -OCH3 is 1. The van der Waals surface area contributed by atoms with Gasteiger partial charge < -0.3 is 9.47 Å². The Balaban J connectivity index is 1.72. The Bertz CT molecular complexity index is 559. The second-order valence-corrected chi connectivity index (χ2v) is 10.1. The molecule has 0 aromatic carbocycles. The number of ether oxygens (including phenoxy) is 2. The van der Waals surface area contributed by atoms with Crippen LogP contribution in [0.1, 0.15) is 79.1 Å². The molecule has 3 nitrogen and oxygen atoms in total. The zero-order valence-electron chi connectivity index (χ0n) is 16.1. The maximum atomic E-state index is 12.7. The number of carbonyl (C=O) groups is 1. The minimum atomic E-state index is -0.311. The summed E-state index contributed by atoms with van der Waals surface area (Å²) in [7, 11) is 1.55. The smallest absolute Gasteiger partial charge is 0.311 e. The van der Waals surface area contributed by atoms with Crippen molar-refractivity contribution in [3.8, 4) is 0 Å². The second-order valence-electron chi connectivity index (χ2n) is 10.1. The summed E-state index contributed by atoms with van der Waals surface area (Å²) in [5, 5.41) is 0. The van der Waals surface area contributed by atoms with Gasteiger partial charge in [0.15, 0.2) is 0 Å². The molecule has 1 saturated heterocycles. The summed E-state index contributed by atoms with van der Waals surface area (Å²) in [6.07, 6.45) is 9.74. The molecule has 1 aliphatic heterocycles. The van der Waals surface area contributed by atoms with Crippen LogP contribution in [0.5, 0.6) is 0 Å². The topological polar surface area (TPSA) is 35.5 Å². The number of fused-ring (bicyclic) bond motifs is 3. The molecule has 3 heteroatoms. The van der Waals surface area contributed by atoms with E-state index in [0.717, 1.165) is 25.7 Å². The molecule has 2 bridgehead atoms. The third-order valence-electron chi connectivity index (χ3n) is 9.02. The lowest BCUT2D eigenvalue weighted by Gasteiger charge is -2.63. The van der Waals surface area contributed by atoms with Gasteiger partial charge in [-0.2, -0.15) is 0 Å². The number of carbonyl (C=O) groups excluding carboxylic acids is 1. The van der Waals surface area contributed by atoms with E-state index in [2.05, 4.69) is 27.7 Å². The maximum absolute atomic E-state index is 12.7. The Hall–Kier alpha value is -0.570. The predicted octanol–water partition coefficient (Wildman–Crippen LogP) is 4.73. The van der Waals surface area contributed by atoms with Crippen LogP contribution in [0.2, 0.25) is 0 Å². The van der Waals surface area contributed by atoms with E-state index < -0.39 is 0 Å². The fourth-order valence-corrected chi connectivity index (χ4v) is 7.69. The molecule has 4 fully saturated rings. The van der Waals surface area contributed by atoms with Crippen molar-refractivity contribution < 1.29 is 14.3 Å². The summed E-state index contributed by atoms with van der Waals surface area (Å²) in [5.41, 5.74) is 0.339. The Labute approximate surface area is 146 Å². The van der Waals surface area contributed by atoms with Gasteiger partial charge in [0.2, 0.25) is 0 Å². The van der Waals surface area contributed by atoms with E-state index in [1.54, 1.807) is 7.11 Å². The van der Waals surface area contributed by atoms with Gasteiger partial charge in [0.1, 0.15) is 0 Å². The normalized spacial score (nSPS) is 56.3. The van der Waals surface area contributed by atoms with E-state index in [4.69, 9.17) is 9.47 Å². The molecule has 0 amide bonds. The number of esters is 1. The van der Waals surface area contributed by atoms with Crippen molar-refractivity contribution in [1.29, 1.82) is 0 Å². The molecule has 0 aromatic rings. The number of hydrogen-bond acceptors (Lipinski definition) is 3. The van der Waals surface area contributed by atoms with Crippen LogP contribution < -0.4 is 0 Å².